The number of methoxy groups -OCH3 is 1. The Balaban J connectivity index is 1.79. The van der Waals surface area contributed by atoms with Crippen molar-refractivity contribution in [2.45, 2.75) is 32.1 Å². The maximum absolute atomic E-state index is 5.95. The van der Waals surface area contributed by atoms with Gasteiger partial charge in [-0.1, -0.05) is 29.7 Å². The van der Waals surface area contributed by atoms with Gasteiger partial charge in [0.1, 0.15) is 13.6 Å². The number of ether oxygens (including phenoxy) is 1. The molecule has 0 aromatic heterocycles. The Hall–Kier alpha value is -1.18. The average molecular weight is 264 g/mol. The highest BCUT2D eigenvalue weighted by molar-refractivity contribution is 6.32. The highest BCUT2D eigenvalue weighted by Gasteiger charge is 2.46. The van der Waals surface area contributed by atoms with Crippen LogP contribution in [0.15, 0.2) is 29.8 Å². The van der Waals surface area contributed by atoms with Crippen molar-refractivity contribution in [3.63, 3.8) is 0 Å². The Kier molecular flexibility index (Phi) is 2.94. The van der Waals surface area contributed by atoms with Crippen molar-refractivity contribution >= 4 is 19.1 Å². The average Bonchev–Trinajstić information content (AvgIpc) is 2.42. The van der Waals surface area contributed by atoms with Gasteiger partial charge < -0.3 is 4.74 Å². The van der Waals surface area contributed by atoms with E-state index in [0.29, 0.717) is 0 Å². The molecule has 4 saturated carbocycles. The molecule has 0 N–H and O–H groups in total. The van der Waals surface area contributed by atoms with Gasteiger partial charge in [0.05, 0.1) is 7.11 Å². The quantitative estimate of drug-likeness (QED) is 0.588. The van der Waals surface area contributed by atoms with Crippen LogP contribution in [0, 0.1) is 23.7 Å². The normalized spacial score (nSPS) is 34.4. The molecule has 4 fully saturated rings. The first-order valence-corrected chi connectivity index (χ1v) is 7.88. The van der Waals surface area contributed by atoms with Gasteiger partial charge in [0.25, 0.3) is 0 Å². The summed E-state index contributed by atoms with van der Waals surface area (Å²) in [6.45, 7) is 0. The molecule has 4 aliphatic carbocycles. The Morgan fingerprint density at radius 2 is 1.70 bits per heavy atom. The lowest BCUT2D eigenvalue weighted by molar-refractivity contribution is 0.0675. The highest BCUT2D eigenvalue weighted by Crippen LogP contribution is 2.57. The second-order valence-electron chi connectivity index (χ2n) is 6.92. The summed E-state index contributed by atoms with van der Waals surface area (Å²) in [7, 11) is 7.76. The van der Waals surface area contributed by atoms with Crippen molar-refractivity contribution in [3.8, 4) is 0 Å². The number of hydrogen-bond donors (Lipinski definition) is 0. The topological polar surface area (TPSA) is 9.23 Å². The van der Waals surface area contributed by atoms with E-state index >= 15 is 0 Å². The number of allylic oxidation sites excluding steroid dienone is 1. The summed E-state index contributed by atoms with van der Waals surface area (Å²) in [6, 6.07) is 8.16. The van der Waals surface area contributed by atoms with E-state index in [9.17, 15) is 0 Å². The van der Waals surface area contributed by atoms with E-state index in [2.05, 4.69) is 12.1 Å². The SMILES string of the molecule is [B]c1cccc(C(OC)=C2C3CC4CC(C3)CC2C4)c1. The van der Waals surface area contributed by atoms with E-state index in [1.807, 2.05) is 19.2 Å². The minimum Gasteiger partial charge on any atom is -0.496 e. The molecular formula is C18H21BO. The molecule has 0 unspecified atom stereocenters. The summed E-state index contributed by atoms with van der Waals surface area (Å²) in [6.07, 6.45) is 7.03. The maximum Gasteiger partial charge on any atom is 0.125 e. The Morgan fingerprint density at radius 3 is 2.25 bits per heavy atom. The lowest BCUT2D eigenvalue weighted by Crippen LogP contribution is -2.40. The second kappa shape index (κ2) is 4.68. The third kappa shape index (κ3) is 1.92. The molecule has 0 amide bonds. The molecule has 1 aromatic carbocycles. The summed E-state index contributed by atoms with van der Waals surface area (Å²) in [5.74, 6) is 4.62. The van der Waals surface area contributed by atoms with Gasteiger partial charge in [0.2, 0.25) is 0 Å². The molecule has 102 valence electrons. The smallest absolute Gasteiger partial charge is 0.125 e. The van der Waals surface area contributed by atoms with Crippen molar-refractivity contribution in [1.82, 2.24) is 0 Å². The van der Waals surface area contributed by atoms with Gasteiger partial charge in [0.15, 0.2) is 0 Å². The summed E-state index contributed by atoms with van der Waals surface area (Å²) in [5, 5.41) is 0. The largest absolute Gasteiger partial charge is 0.496 e. The Labute approximate surface area is 122 Å². The highest BCUT2D eigenvalue weighted by atomic mass is 16.5. The molecular weight excluding hydrogens is 243 g/mol. The summed E-state index contributed by atoms with van der Waals surface area (Å²) in [5.41, 5.74) is 3.58. The van der Waals surface area contributed by atoms with Crippen LogP contribution < -0.4 is 5.46 Å². The van der Waals surface area contributed by atoms with Gasteiger partial charge in [-0.3, -0.25) is 0 Å². The fraction of sp³-hybridized carbons (Fsp3) is 0.556. The fourth-order valence-corrected chi connectivity index (χ4v) is 5.14. The molecule has 1 nitrogen and oxygen atoms in total. The van der Waals surface area contributed by atoms with E-state index in [1.165, 1.54) is 32.1 Å². The van der Waals surface area contributed by atoms with Crippen molar-refractivity contribution in [2.75, 3.05) is 7.11 Å². The molecule has 4 aliphatic rings. The zero-order chi connectivity index (χ0) is 13.7. The zero-order valence-electron chi connectivity index (χ0n) is 12.1. The van der Waals surface area contributed by atoms with Crippen LogP contribution in [0.25, 0.3) is 5.76 Å². The number of benzene rings is 1. The van der Waals surface area contributed by atoms with Crippen LogP contribution in [0.3, 0.4) is 0 Å². The van der Waals surface area contributed by atoms with E-state index < -0.39 is 0 Å². The lowest BCUT2D eigenvalue weighted by atomic mass is 9.54. The molecule has 1 aromatic rings. The summed E-state index contributed by atoms with van der Waals surface area (Å²) in [4.78, 5) is 0. The van der Waals surface area contributed by atoms with Gasteiger partial charge in [-0.2, -0.15) is 0 Å². The Bertz CT molecular complexity index is 530. The minimum absolute atomic E-state index is 0.766. The minimum atomic E-state index is 0.766. The van der Waals surface area contributed by atoms with Crippen LogP contribution in [-0.4, -0.2) is 15.0 Å². The zero-order valence-corrected chi connectivity index (χ0v) is 12.1. The third-order valence-corrected chi connectivity index (χ3v) is 5.63. The number of hydrogen-bond acceptors (Lipinski definition) is 1. The second-order valence-corrected chi connectivity index (χ2v) is 6.92. The molecule has 4 bridgehead atoms. The molecule has 0 aliphatic heterocycles. The lowest BCUT2D eigenvalue weighted by Gasteiger charge is -2.51. The summed E-state index contributed by atoms with van der Waals surface area (Å²) >= 11 is 0. The van der Waals surface area contributed by atoms with Gasteiger partial charge in [0, 0.05) is 5.56 Å². The predicted octanol–water partition coefficient (Wildman–Crippen LogP) is 3.29. The molecule has 0 atom stereocenters. The van der Waals surface area contributed by atoms with Crippen LogP contribution in [0.2, 0.25) is 0 Å². The van der Waals surface area contributed by atoms with Crippen LogP contribution in [0.1, 0.15) is 37.7 Å². The monoisotopic (exact) mass is 264 g/mol. The molecule has 2 radical (unpaired) electrons. The first-order chi connectivity index (χ1) is 9.74. The predicted molar refractivity (Wildman–Crippen MR) is 82.8 cm³/mol. The Morgan fingerprint density at radius 1 is 1.05 bits per heavy atom. The van der Waals surface area contributed by atoms with Crippen molar-refractivity contribution in [3.05, 3.63) is 35.4 Å². The van der Waals surface area contributed by atoms with Gasteiger partial charge in [-0.15, -0.1) is 0 Å². The van der Waals surface area contributed by atoms with E-state index in [0.717, 1.165) is 40.5 Å². The van der Waals surface area contributed by atoms with E-state index in [-0.39, 0.29) is 0 Å². The molecule has 0 heterocycles. The fourth-order valence-electron chi connectivity index (χ4n) is 5.14. The van der Waals surface area contributed by atoms with Gasteiger partial charge >= 0.3 is 0 Å². The van der Waals surface area contributed by atoms with Crippen molar-refractivity contribution in [2.24, 2.45) is 23.7 Å². The van der Waals surface area contributed by atoms with Crippen LogP contribution in [0.5, 0.6) is 0 Å². The van der Waals surface area contributed by atoms with E-state index in [4.69, 9.17) is 12.6 Å². The third-order valence-electron chi connectivity index (χ3n) is 5.63. The molecule has 0 saturated heterocycles. The summed E-state index contributed by atoms with van der Waals surface area (Å²) < 4.78 is 5.84. The van der Waals surface area contributed by atoms with Crippen molar-refractivity contribution in [1.29, 1.82) is 0 Å². The van der Waals surface area contributed by atoms with Crippen LogP contribution in [0.4, 0.5) is 0 Å². The van der Waals surface area contributed by atoms with Gasteiger partial charge in [-0.25, -0.2) is 0 Å². The van der Waals surface area contributed by atoms with Crippen LogP contribution in [-0.2, 0) is 4.74 Å². The van der Waals surface area contributed by atoms with Crippen LogP contribution >= 0.6 is 0 Å². The molecule has 5 rings (SSSR count). The molecule has 20 heavy (non-hydrogen) atoms. The first kappa shape index (κ1) is 12.6. The van der Waals surface area contributed by atoms with Crippen molar-refractivity contribution < 1.29 is 4.74 Å². The maximum atomic E-state index is 5.95. The van der Waals surface area contributed by atoms with E-state index in [1.54, 1.807) is 5.57 Å². The molecule has 2 heteroatoms. The van der Waals surface area contributed by atoms with Gasteiger partial charge in [-0.05, 0) is 61.3 Å². The number of rotatable bonds is 2. The standard InChI is InChI=1S/C18H21BO/c1-20-18(13-3-2-4-16(19)10-13)17-14-6-11-5-12(8-14)9-15(17)7-11/h2-4,10-12,14-15H,5-9H2,1H3. The molecule has 0 spiro atoms. The first-order valence-electron chi connectivity index (χ1n) is 7.88.